The summed E-state index contributed by atoms with van der Waals surface area (Å²) in [5.74, 6) is -1.13. The van der Waals surface area contributed by atoms with E-state index in [-0.39, 0.29) is 23.9 Å². The molecule has 0 spiro atoms. The van der Waals surface area contributed by atoms with E-state index >= 15 is 0 Å². The third-order valence-electron chi connectivity index (χ3n) is 9.06. The summed E-state index contributed by atoms with van der Waals surface area (Å²) in [6.45, 7) is 2.10. The predicted octanol–water partition coefficient (Wildman–Crippen LogP) is 8.68. The molecule has 2 amide bonds. The number of carboxylic acid groups (broad SMARTS) is 1. The summed E-state index contributed by atoms with van der Waals surface area (Å²) in [5.41, 5.74) is 10.3. The number of aliphatic carboxylic acids is 1. The molecule has 2 heterocycles. The van der Waals surface area contributed by atoms with Gasteiger partial charge in [-0.3, -0.25) is 24.8 Å². The molecule has 13 heteroatoms. The van der Waals surface area contributed by atoms with Crippen molar-refractivity contribution in [3.8, 4) is 0 Å². The van der Waals surface area contributed by atoms with Gasteiger partial charge in [0.25, 0.3) is 5.91 Å². The number of benzene rings is 4. The Morgan fingerprint density at radius 1 is 0.964 bits per heavy atom. The number of halogens is 2. The number of carbonyl (C=O) groups excluding carboxylic acids is 2. The van der Waals surface area contributed by atoms with E-state index in [1.165, 1.54) is 29.4 Å². The van der Waals surface area contributed by atoms with Crippen LogP contribution in [0.4, 0.5) is 10.1 Å². The highest BCUT2D eigenvalue weighted by atomic mass is 79.9. The van der Waals surface area contributed by atoms with Crippen molar-refractivity contribution in [3.63, 3.8) is 0 Å². The lowest BCUT2D eigenvalue weighted by atomic mass is 9.91. The molecule has 1 aliphatic heterocycles. The first-order valence-electron chi connectivity index (χ1n) is 18.3. The molecule has 5 N–H and O–H groups in total. The summed E-state index contributed by atoms with van der Waals surface area (Å²) in [4.78, 5) is 45.0. The Labute approximate surface area is 333 Å². The smallest absolute Gasteiger partial charge is 0.322 e. The fraction of sp³-hybridized carbons (Fsp3) is 0.286. The lowest BCUT2D eigenvalue weighted by molar-refractivity contribution is -0.140. The van der Waals surface area contributed by atoms with Crippen LogP contribution in [-0.4, -0.2) is 51.6 Å². The van der Waals surface area contributed by atoms with Crippen LogP contribution in [0.5, 0.6) is 0 Å². The number of carboxylic acids is 1. The second-order valence-corrected chi connectivity index (χ2v) is 14.9. The van der Waals surface area contributed by atoms with E-state index in [4.69, 9.17) is 4.99 Å². The van der Waals surface area contributed by atoms with Crippen molar-refractivity contribution < 1.29 is 23.9 Å². The second kappa shape index (κ2) is 20.6. The molecule has 0 saturated heterocycles. The fourth-order valence-corrected chi connectivity index (χ4v) is 7.01. The summed E-state index contributed by atoms with van der Waals surface area (Å²) >= 11 is 5.07. The highest BCUT2D eigenvalue weighted by molar-refractivity contribution is 9.10. The first-order valence-corrected chi connectivity index (χ1v) is 20.5. The molecule has 6 rings (SSSR count). The number of H-pyrrole nitrogens is 1. The van der Waals surface area contributed by atoms with Crippen molar-refractivity contribution in [2.75, 3.05) is 17.1 Å². The summed E-state index contributed by atoms with van der Waals surface area (Å²) < 4.78 is 14.1. The van der Waals surface area contributed by atoms with Crippen LogP contribution in [0, 0.1) is 5.82 Å². The molecule has 5 aromatic rings. The van der Waals surface area contributed by atoms with Gasteiger partial charge in [0.1, 0.15) is 23.6 Å². The number of fused-ring (bicyclic) bond motifs is 1. The van der Waals surface area contributed by atoms with Gasteiger partial charge in [0.15, 0.2) is 0 Å². The van der Waals surface area contributed by atoms with Crippen LogP contribution in [-0.2, 0) is 14.4 Å². The molecule has 0 radical (unpaired) electrons. The Morgan fingerprint density at radius 2 is 1.65 bits per heavy atom. The average Bonchev–Trinajstić information content (AvgIpc) is 3.61. The normalized spacial score (nSPS) is 15.6. The molecule has 0 saturated carbocycles. The van der Waals surface area contributed by atoms with E-state index in [1.807, 2.05) is 79.2 Å². The van der Waals surface area contributed by atoms with Crippen LogP contribution in [0.2, 0.25) is 0 Å². The van der Waals surface area contributed by atoms with Gasteiger partial charge in [-0.25, -0.2) is 14.9 Å². The van der Waals surface area contributed by atoms with Crippen molar-refractivity contribution in [2.24, 2.45) is 4.99 Å². The zero-order chi connectivity index (χ0) is 39.2. The molecule has 1 unspecified atom stereocenters. The van der Waals surface area contributed by atoms with Gasteiger partial charge in [-0.2, -0.15) is 11.8 Å². The quantitative estimate of drug-likeness (QED) is 0.0496. The summed E-state index contributed by atoms with van der Waals surface area (Å²) in [6, 6.07) is 30.3. The standard InChI is InChI=1S/C24H18BrN3O.C18H28FN3O3S/c25-17-11-12-20-18(13-17)19(14-26-20)23-24(29)28-22(16-9-5-2-6-10-16)21(27-23)15-7-3-1-4-8-15;1-3-4-5-6-7-17(23)21-22(15-10-8-14(19)9-11-15)20-16(18(24)25)12-13-26-2/h1-14,21-22,26H,(H,28,29);8-11,16,20H,3-7,12-13H2,1-2H3,(H,21,23)(H,24,25)/t21-,22-;/m0./s1. The van der Waals surface area contributed by atoms with Crippen molar-refractivity contribution in [3.05, 3.63) is 136 Å². The Kier molecular flexibility index (Phi) is 15.5. The number of rotatable bonds is 16. The minimum Gasteiger partial charge on any atom is -0.480 e. The number of aliphatic imine (C=N–C) groups is 1. The van der Waals surface area contributed by atoms with Gasteiger partial charge in [0, 0.05) is 33.6 Å². The van der Waals surface area contributed by atoms with E-state index < -0.39 is 17.8 Å². The Bertz CT molecular complexity index is 2050. The highest BCUT2D eigenvalue weighted by Crippen LogP contribution is 2.36. The number of amides is 2. The molecular weight excluding hydrogens is 783 g/mol. The molecule has 4 aromatic carbocycles. The minimum atomic E-state index is -1.01. The number of hydrogen-bond donors (Lipinski definition) is 5. The van der Waals surface area contributed by atoms with E-state index in [0.29, 0.717) is 30.0 Å². The number of anilines is 1. The van der Waals surface area contributed by atoms with Crippen LogP contribution in [0.15, 0.2) is 119 Å². The van der Waals surface area contributed by atoms with Crippen LogP contribution in [0.3, 0.4) is 0 Å². The first kappa shape index (κ1) is 41.2. The fourth-order valence-electron chi connectivity index (χ4n) is 6.17. The molecular formula is C42H46BrFN6O4S. The number of hydrogen-bond acceptors (Lipinski definition) is 7. The number of nitrogens with one attached hydrogen (secondary N) is 4. The lowest BCUT2D eigenvalue weighted by Crippen LogP contribution is -2.57. The number of nitrogens with zero attached hydrogens (tertiary/aromatic N) is 2. The Balaban J connectivity index is 0.000000213. The Morgan fingerprint density at radius 3 is 2.31 bits per heavy atom. The van der Waals surface area contributed by atoms with Crippen molar-refractivity contribution in [1.82, 2.24) is 21.2 Å². The SMILES string of the molecule is CCCCCCC(=O)NN(NC(CCSC)C(=O)O)c1ccc(F)cc1.O=C1N[C@@H](c2ccccc2)[C@H](c2ccccc2)N=C1c1c[nH]c2ccc(Br)cc12. The lowest BCUT2D eigenvalue weighted by Gasteiger charge is -2.31. The predicted molar refractivity (Wildman–Crippen MR) is 222 cm³/mol. The zero-order valence-corrected chi connectivity index (χ0v) is 33.2. The minimum absolute atomic E-state index is 0.160. The number of hydrazine groups is 2. The van der Waals surface area contributed by atoms with Gasteiger partial charge in [0.05, 0.1) is 11.7 Å². The van der Waals surface area contributed by atoms with Crippen LogP contribution in [0.25, 0.3) is 10.9 Å². The summed E-state index contributed by atoms with van der Waals surface area (Å²) in [6.07, 6.45) is 8.40. The molecule has 1 aromatic heterocycles. The van der Waals surface area contributed by atoms with Crippen molar-refractivity contribution >= 4 is 67.8 Å². The zero-order valence-electron chi connectivity index (χ0n) is 30.8. The number of aromatic nitrogens is 1. The van der Waals surface area contributed by atoms with Gasteiger partial charge in [-0.1, -0.05) is 103 Å². The first-order chi connectivity index (χ1) is 26.7. The second-order valence-electron chi connectivity index (χ2n) is 13.0. The maximum absolute atomic E-state index is 13.2. The van der Waals surface area contributed by atoms with Crippen molar-refractivity contribution in [1.29, 1.82) is 0 Å². The molecule has 1 aliphatic rings. The number of unbranched alkanes of at least 4 members (excludes halogenated alkanes) is 3. The monoisotopic (exact) mass is 828 g/mol. The maximum atomic E-state index is 13.2. The highest BCUT2D eigenvalue weighted by Gasteiger charge is 2.34. The largest absolute Gasteiger partial charge is 0.480 e. The van der Waals surface area contributed by atoms with Crippen LogP contribution < -0.4 is 21.3 Å². The average molecular weight is 830 g/mol. The molecule has 0 bridgehead atoms. The third kappa shape index (κ3) is 11.5. The van der Waals surface area contributed by atoms with Crippen LogP contribution in [0.1, 0.15) is 74.2 Å². The van der Waals surface area contributed by atoms with E-state index in [2.05, 4.69) is 56.1 Å². The summed E-state index contributed by atoms with van der Waals surface area (Å²) in [7, 11) is 0. The molecule has 0 fully saturated rings. The van der Waals surface area contributed by atoms with E-state index in [0.717, 1.165) is 57.7 Å². The third-order valence-corrected chi connectivity index (χ3v) is 10.2. The van der Waals surface area contributed by atoms with Gasteiger partial charge in [-0.15, -0.1) is 0 Å². The molecule has 10 nitrogen and oxygen atoms in total. The molecule has 55 heavy (non-hydrogen) atoms. The van der Waals surface area contributed by atoms with Gasteiger partial charge in [-0.05, 0) is 78.4 Å². The van der Waals surface area contributed by atoms with Crippen LogP contribution >= 0.6 is 27.7 Å². The van der Waals surface area contributed by atoms with Crippen molar-refractivity contribution in [2.45, 2.75) is 63.6 Å². The number of carbonyl (C=O) groups is 3. The molecule has 288 valence electrons. The maximum Gasteiger partial charge on any atom is 0.322 e. The van der Waals surface area contributed by atoms with E-state index in [1.54, 1.807) is 11.8 Å². The number of thioether (sulfide) groups is 1. The van der Waals surface area contributed by atoms with Gasteiger partial charge < -0.3 is 15.4 Å². The molecule has 3 atom stereocenters. The number of aromatic amines is 1. The topological polar surface area (TPSA) is 139 Å². The summed E-state index contributed by atoms with van der Waals surface area (Å²) in [5, 5.41) is 14.9. The molecule has 0 aliphatic carbocycles. The van der Waals surface area contributed by atoms with Gasteiger partial charge >= 0.3 is 5.97 Å². The van der Waals surface area contributed by atoms with Gasteiger partial charge in [0.2, 0.25) is 5.91 Å². The van der Waals surface area contributed by atoms with E-state index in [9.17, 15) is 23.9 Å². The Hall–Kier alpha value is -4.98.